The van der Waals surface area contributed by atoms with Crippen molar-refractivity contribution in [2.75, 3.05) is 0 Å². The van der Waals surface area contributed by atoms with Crippen molar-refractivity contribution >= 4 is 5.97 Å². The average molecular weight is 245 g/mol. The molecule has 0 aliphatic rings. The Morgan fingerprint density at radius 1 is 1.85 bits per heavy atom. The first-order valence-corrected chi connectivity index (χ1v) is 3.16. The van der Waals surface area contributed by atoms with Gasteiger partial charge in [-0.25, -0.2) is 4.98 Å². The summed E-state index contributed by atoms with van der Waals surface area (Å²) in [6.07, 6.45) is 3.34. The second-order valence-electron chi connectivity index (χ2n) is 2.23. The van der Waals surface area contributed by atoms with Crippen LogP contribution >= 0.6 is 0 Å². The number of rotatable bonds is 3. The number of H-pyrrole nitrogens is 1. The molecule has 0 spiro atoms. The van der Waals surface area contributed by atoms with E-state index in [1.54, 1.807) is 6.20 Å². The number of hydrogen-bond acceptors (Lipinski definition) is 3. The third kappa shape index (κ3) is 5.54. The van der Waals surface area contributed by atoms with Gasteiger partial charge in [0.15, 0.2) is 0 Å². The van der Waals surface area contributed by atoms with Crippen LogP contribution in [0.15, 0.2) is 12.5 Å². The van der Waals surface area contributed by atoms with Crippen LogP contribution in [0.5, 0.6) is 0 Å². The molecule has 1 atom stereocenters. The molecule has 0 fully saturated rings. The fraction of sp³-hybridized carbons (Fsp3) is 0.333. The maximum absolute atomic E-state index is 10.3. The molecule has 0 radical (unpaired) electrons. The van der Waals surface area contributed by atoms with Crippen molar-refractivity contribution in [2.45, 2.75) is 12.5 Å². The van der Waals surface area contributed by atoms with E-state index in [-0.39, 0.29) is 56.9 Å². The summed E-state index contributed by atoms with van der Waals surface area (Å²) < 4.78 is 0. The number of aromatic amines is 1. The molecule has 0 aliphatic carbocycles. The van der Waals surface area contributed by atoms with Gasteiger partial charge in [0.1, 0.15) is 6.04 Å². The Balaban J connectivity index is -0.000000403. The quantitative estimate of drug-likeness (QED) is 0.481. The van der Waals surface area contributed by atoms with Gasteiger partial charge in [0, 0.05) is 37.8 Å². The van der Waals surface area contributed by atoms with Crippen LogP contribution in [-0.4, -0.2) is 27.1 Å². The average Bonchev–Trinajstić information content (AvgIpc) is 2.39. The van der Waals surface area contributed by atoms with Crippen LogP contribution < -0.4 is 35.3 Å². The molecular weight excluding hydrogens is 234 g/mol. The Bertz CT molecular complexity index is 247. The zero-order valence-electron chi connectivity index (χ0n) is 8.53. The van der Waals surface area contributed by atoms with Crippen LogP contribution in [-0.2, 0) is 30.7 Å². The molecule has 64 valence electrons. The number of aromatic nitrogens is 2. The molecule has 0 aliphatic heterocycles. The van der Waals surface area contributed by atoms with Gasteiger partial charge in [-0.15, -0.1) is 0 Å². The van der Waals surface area contributed by atoms with E-state index < -0.39 is 12.0 Å². The predicted molar refractivity (Wildman–Crippen MR) is 39.0 cm³/mol. The number of nitrogens with two attached hydrogens (primary N) is 1. The minimum absolute atomic E-state index is 0. The van der Waals surface area contributed by atoms with Gasteiger partial charge in [0.2, 0.25) is 0 Å². The molecule has 7 heteroatoms. The fourth-order valence-electron chi connectivity index (χ4n) is 0.721. The summed E-state index contributed by atoms with van der Waals surface area (Å²) >= 11 is 0. The number of nitrogens with one attached hydrogen (secondary N) is 1. The van der Waals surface area contributed by atoms with Crippen molar-refractivity contribution in [3.05, 3.63) is 18.2 Å². The van der Waals surface area contributed by atoms with Crippen LogP contribution in [0.4, 0.5) is 0 Å². The smallest absolute Gasteiger partial charge is 1.00 e. The van der Waals surface area contributed by atoms with E-state index in [0.717, 1.165) is 5.69 Å². The molecule has 0 saturated heterocycles. The topological polar surface area (TPSA) is 92.0 Å². The van der Waals surface area contributed by atoms with E-state index in [9.17, 15) is 4.79 Å². The van der Waals surface area contributed by atoms with Crippen molar-refractivity contribution in [2.24, 2.45) is 5.73 Å². The predicted octanol–water partition coefficient (Wildman–Crippen LogP) is -3.52. The third-order valence-corrected chi connectivity index (χ3v) is 1.31. The summed E-state index contributed by atoms with van der Waals surface area (Å²) in [7, 11) is 0. The number of carboxylic acids is 1. The summed E-state index contributed by atoms with van der Waals surface area (Å²) in [6, 6.07) is -0.851. The van der Waals surface area contributed by atoms with E-state index >= 15 is 0 Å². The molecule has 5 nitrogen and oxygen atoms in total. The molecular formula is C6H10N3NaO2Zn. The standard InChI is InChI=1S/C6H9N3O2.Na.Zn.H/c7-5(6(10)11)1-4-2-8-3-9-4;;;/h2-3,5H,1,7H2,(H,8,9)(H,10,11);;;/q;+1;;-1/t5-;;;/m0.../s1. The normalized spacial score (nSPS) is 10.8. The molecule has 0 amide bonds. The number of imidazole rings is 1. The van der Waals surface area contributed by atoms with Gasteiger partial charge in [0.25, 0.3) is 0 Å². The van der Waals surface area contributed by atoms with Gasteiger partial charge in [-0.2, -0.15) is 0 Å². The number of carboxylic acid groups (broad SMARTS) is 1. The van der Waals surface area contributed by atoms with Gasteiger partial charge in [-0.05, 0) is 0 Å². The van der Waals surface area contributed by atoms with E-state index in [0.29, 0.717) is 0 Å². The van der Waals surface area contributed by atoms with E-state index in [4.69, 9.17) is 10.8 Å². The van der Waals surface area contributed by atoms with Crippen molar-refractivity contribution in [3.63, 3.8) is 0 Å². The van der Waals surface area contributed by atoms with Gasteiger partial charge < -0.3 is 17.3 Å². The maximum Gasteiger partial charge on any atom is 1.00 e. The maximum atomic E-state index is 10.3. The summed E-state index contributed by atoms with van der Waals surface area (Å²) in [6.45, 7) is 0. The molecule has 1 rings (SSSR count). The minimum Gasteiger partial charge on any atom is -1.00 e. The third-order valence-electron chi connectivity index (χ3n) is 1.31. The first-order chi connectivity index (χ1) is 5.20. The Kier molecular flexibility index (Phi) is 9.25. The van der Waals surface area contributed by atoms with Gasteiger partial charge in [-0.1, -0.05) is 0 Å². The SMILES string of the molecule is N[C@@H](Cc1cnc[nH]1)C(=O)O.[H-].[Na+].[Zn]. The summed E-state index contributed by atoms with van der Waals surface area (Å²) in [5.74, 6) is -1.00. The Hall–Kier alpha value is 0.263. The largest absolute Gasteiger partial charge is 1.00 e. The Morgan fingerprint density at radius 2 is 2.46 bits per heavy atom. The second kappa shape index (κ2) is 7.65. The van der Waals surface area contributed by atoms with Crippen LogP contribution in [0, 0.1) is 0 Å². The Morgan fingerprint density at radius 3 is 2.85 bits per heavy atom. The molecule has 0 unspecified atom stereocenters. The first kappa shape index (κ1) is 15.7. The van der Waals surface area contributed by atoms with E-state index in [1.807, 2.05) is 0 Å². The van der Waals surface area contributed by atoms with Crippen LogP contribution in [0.25, 0.3) is 0 Å². The number of nitrogens with zero attached hydrogens (tertiary/aromatic N) is 1. The van der Waals surface area contributed by atoms with Gasteiger partial charge in [-0.3, -0.25) is 4.79 Å². The second-order valence-corrected chi connectivity index (χ2v) is 2.23. The molecule has 4 N–H and O–H groups in total. The van der Waals surface area contributed by atoms with E-state index in [2.05, 4.69) is 9.97 Å². The fourth-order valence-corrected chi connectivity index (χ4v) is 0.721. The monoisotopic (exact) mass is 243 g/mol. The van der Waals surface area contributed by atoms with Crippen molar-refractivity contribution in [1.82, 2.24) is 9.97 Å². The summed E-state index contributed by atoms with van der Waals surface area (Å²) in [5.41, 5.74) is 6.00. The van der Waals surface area contributed by atoms with Crippen molar-refractivity contribution in [3.8, 4) is 0 Å². The molecule has 0 saturated carbocycles. The van der Waals surface area contributed by atoms with Gasteiger partial charge >= 0.3 is 35.5 Å². The molecule has 1 heterocycles. The molecule has 1 aromatic heterocycles. The van der Waals surface area contributed by atoms with Gasteiger partial charge in [0.05, 0.1) is 6.33 Å². The Labute approximate surface area is 112 Å². The zero-order valence-corrected chi connectivity index (χ0v) is 12.5. The van der Waals surface area contributed by atoms with E-state index in [1.165, 1.54) is 6.33 Å². The summed E-state index contributed by atoms with van der Waals surface area (Å²) in [5, 5.41) is 8.42. The van der Waals surface area contributed by atoms with Crippen molar-refractivity contribution in [1.29, 1.82) is 0 Å². The van der Waals surface area contributed by atoms with Crippen LogP contribution in [0.2, 0.25) is 0 Å². The summed E-state index contributed by atoms with van der Waals surface area (Å²) in [4.78, 5) is 16.8. The zero-order chi connectivity index (χ0) is 8.27. The van der Waals surface area contributed by atoms with Crippen LogP contribution in [0.3, 0.4) is 0 Å². The number of hydrogen-bond donors (Lipinski definition) is 3. The first-order valence-electron chi connectivity index (χ1n) is 3.16. The molecule has 1 aromatic rings. The molecule has 0 aromatic carbocycles. The van der Waals surface area contributed by atoms with Crippen LogP contribution in [0.1, 0.15) is 7.12 Å². The number of aliphatic carboxylic acids is 1. The number of carbonyl (C=O) groups is 1. The minimum atomic E-state index is -1.00. The molecule has 13 heavy (non-hydrogen) atoms. The molecule has 0 bridgehead atoms. The van der Waals surface area contributed by atoms with Crippen molar-refractivity contribution < 1.29 is 60.4 Å².